The van der Waals surface area contributed by atoms with E-state index >= 15 is 4.39 Å². The van der Waals surface area contributed by atoms with E-state index in [0.29, 0.717) is 28.2 Å². The van der Waals surface area contributed by atoms with E-state index in [4.69, 9.17) is 0 Å². The van der Waals surface area contributed by atoms with Gasteiger partial charge < -0.3 is 9.88 Å². The number of carbonyl (C=O) groups is 1. The molecule has 4 aromatic rings. The first kappa shape index (κ1) is 21.0. The largest absolute Gasteiger partial charge is 0.369 e. The standard InChI is InChI=1S/C27H26FN5O/c1-27(2)8-9-33(15-27)22-5-3-4-19(23(22)28)24(34)21-14-32-26-20(21)10-17(11-31-26)18-12-29-25(30-13-18)16-6-7-16/h3-5,10-14,16H,6-9,15H2,1-2H3,(H,31,32). The number of H-pyrrole nitrogens is 1. The number of fused-ring (bicyclic) bond motifs is 1. The highest BCUT2D eigenvalue weighted by molar-refractivity contribution is 6.16. The Hall–Kier alpha value is -3.61. The zero-order valence-corrected chi connectivity index (χ0v) is 19.3. The van der Waals surface area contributed by atoms with Crippen molar-refractivity contribution >= 4 is 22.5 Å². The summed E-state index contributed by atoms with van der Waals surface area (Å²) >= 11 is 0. The van der Waals surface area contributed by atoms with E-state index in [1.807, 2.05) is 11.0 Å². The molecule has 3 aromatic heterocycles. The van der Waals surface area contributed by atoms with Gasteiger partial charge in [0.15, 0.2) is 11.6 Å². The minimum Gasteiger partial charge on any atom is -0.369 e. The van der Waals surface area contributed by atoms with Crippen molar-refractivity contribution in [2.75, 3.05) is 18.0 Å². The molecule has 6 nitrogen and oxygen atoms in total. The lowest BCUT2D eigenvalue weighted by molar-refractivity contribution is 0.103. The van der Waals surface area contributed by atoms with Gasteiger partial charge in [-0.3, -0.25) is 4.79 Å². The summed E-state index contributed by atoms with van der Waals surface area (Å²) in [6.07, 6.45) is 10.2. The van der Waals surface area contributed by atoms with Crippen LogP contribution in [0.25, 0.3) is 22.2 Å². The molecular weight excluding hydrogens is 429 g/mol. The fraction of sp³-hybridized carbons (Fsp3) is 0.333. The van der Waals surface area contributed by atoms with Gasteiger partial charge in [0, 0.05) is 65.9 Å². The first-order valence-electron chi connectivity index (χ1n) is 11.8. The molecule has 1 saturated heterocycles. The summed E-state index contributed by atoms with van der Waals surface area (Å²) in [4.78, 5) is 32.0. The number of anilines is 1. The minimum atomic E-state index is -0.465. The number of hydrogen-bond donors (Lipinski definition) is 1. The summed E-state index contributed by atoms with van der Waals surface area (Å²) in [5.74, 6) is 0.545. The molecule has 1 aliphatic heterocycles. The van der Waals surface area contributed by atoms with Gasteiger partial charge in [0.05, 0.1) is 11.3 Å². The van der Waals surface area contributed by atoms with Crippen molar-refractivity contribution in [2.24, 2.45) is 5.41 Å². The first-order chi connectivity index (χ1) is 16.4. The Morgan fingerprint density at radius 2 is 1.85 bits per heavy atom. The highest BCUT2D eigenvalue weighted by atomic mass is 19.1. The second-order valence-electron chi connectivity index (χ2n) is 10.2. The molecule has 4 heterocycles. The van der Waals surface area contributed by atoms with Crippen molar-refractivity contribution in [1.82, 2.24) is 19.9 Å². The Morgan fingerprint density at radius 3 is 2.56 bits per heavy atom. The summed E-state index contributed by atoms with van der Waals surface area (Å²) in [6.45, 7) is 5.91. The second-order valence-corrected chi connectivity index (χ2v) is 10.2. The zero-order chi connectivity index (χ0) is 23.4. The summed E-state index contributed by atoms with van der Waals surface area (Å²) < 4.78 is 15.6. The predicted octanol–water partition coefficient (Wildman–Crippen LogP) is 5.50. The Morgan fingerprint density at radius 1 is 1.09 bits per heavy atom. The van der Waals surface area contributed by atoms with Crippen molar-refractivity contribution in [3.63, 3.8) is 0 Å². The Balaban J connectivity index is 1.35. The topological polar surface area (TPSA) is 74.8 Å². The lowest BCUT2D eigenvalue weighted by Crippen LogP contribution is -2.24. The third-order valence-electron chi connectivity index (χ3n) is 6.96. The molecule has 0 radical (unpaired) electrons. The summed E-state index contributed by atoms with van der Waals surface area (Å²) in [7, 11) is 0. The lowest BCUT2D eigenvalue weighted by atomic mass is 9.93. The Labute approximate surface area is 197 Å². The van der Waals surface area contributed by atoms with E-state index in [-0.39, 0.29) is 16.8 Å². The first-order valence-corrected chi connectivity index (χ1v) is 11.8. The highest BCUT2D eigenvalue weighted by Crippen LogP contribution is 2.38. The molecule has 0 amide bonds. The number of hydrogen-bond acceptors (Lipinski definition) is 5. The van der Waals surface area contributed by atoms with Gasteiger partial charge in [-0.15, -0.1) is 0 Å². The molecule has 2 fully saturated rings. The number of benzene rings is 1. The van der Waals surface area contributed by atoms with Crippen LogP contribution >= 0.6 is 0 Å². The molecule has 7 heteroatoms. The molecule has 6 rings (SSSR count). The number of aromatic nitrogens is 4. The Kier molecular flexibility index (Phi) is 4.76. The van der Waals surface area contributed by atoms with Gasteiger partial charge >= 0.3 is 0 Å². The number of nitrogens with one attached hydrogen (secondary N) is 1. The molecule has 1 N–H and O–H groups in total. The van der Waals surface area contributed by atoms with Gasteiger partial charge in [-0.2, -0.15) is 0 Å². The van der Waals surface area contributed by atoms with E-state index in [9.17, 15) is 4.79 Å². The third-order valence-corrected chi connectivity index (χ3v) is 6.96. The molecule has 1 aliphatic carbocycles. The van der Waals surface area contributed by atoms with Crippen molar-refractivity contribution in [2.45, 2.75) is 39.0 Å². The average molecular weight is 456 g/mol. The van der Waals surface area contributed by atoms with Crippen molar-refractivity contribution in [3.8, 4) is 11.1 Å². The van der Waals surface area contributed by atoms with Gasteiger partial charge in [0.25, 0.3) is 0 Å². The maximum Gasteiger partial charge on any atom is 0.198 e. The van der Waals surface area contributed by atoms with Crippen molar-refractivity contribution < 1.29 is 9.18 Å². The van der Waals surface area contributed by atoms with Crippen LogP contribution in [0.5, 0.6) is 0 Å². The van der Waals surface area contributed by atoms with Gasteiger partial charge in [0.2, 0.25) is 0 Å². The average Bonchev–Trinajstić information content (AvgIpc) is 3.50. The van der Waals surface area contributed by atoms with Crippen LogP contribution in [0.4, 0.5) is 10.1 Å². The van der Waals surface area contributed by atoms with Crippen LogP contribution in [-0.2, 0) is 0 Å². The van der Waals surface area contributed by atoms with E-state index in [1.165, 1.54) is 0 Å². The molecule has 1 saturated carbocycles. The van der Waals surface area contributed by atoms with Gasteiger partial charge in [-0.25, -0.2) is 19.3 Å². The molecule has 172 valence electrons. The van der Waals surface area contributed by atoms with Crippen molar-refractivity contribution in [3.05, 3.63) is 71.8 Å². The maximum atomic E-state index is 15.6. The number of carbonyl (C=O) groups excluding carboxylic acids is 1. The van der Waals surface area contributed by atoms with E-state index < -0.39 is 5.82 Å². The van der Waals surface area contributed by atoms with Gasteiger partial charge in [-0.05, 0) is 42.9 Å². The smallest absolute Gasteiger partial charge is 0.198 e. The SMILES string of the molecule is CC1(C)CCN(c2cccc(C(=O)c3c[nH]c4ncc(-c5cnc(C6CC6)nc5)cc34)c2F)C1. The molecule has 1 aromatic carbocycles. The summed E-state index contributed by atoms with van der Waals surface area (Å²) in [6, 6.07) is 6.97. The number of halogens is 1. The Bertz CT molecular complexity index is 1400. The molecule has 0 spiro atoms. The maximum absolute atomic E-state index is 15.6. The monoisotopic (exact) mass is 455 g/mol. The third kappa shape index (κ3) is 3.65. The van der Waals surface area contributed by atoms with Gasteiger partial charge in [0.1, 0.15) is 11.5 Å². The number of pyridine rings is 1. The van der Waals surface area contributed by atoms with Crippen LogP contribution in [0.15, 0.2) is 49.1 Å². The fourth-order valence-corrected chi connectivity index (χ4v) is 4.79. The molecule has 34 heavy (non-hydrogen) atoms. The summed E-state index contributed by atoms with van der Waals surface area (Å²) in [5.41, 5.74) is 3.33. The molecular formula is C27H26FN5O. The molecule has 0 unspecified atom stereocenters. The molecule has 0 bridgehead atoms. The van der Waals surface area contributed by atoms with Crippen LogP contribution in [0.1, 0.15) is 60.8 Å². The summed E-state index contributed by atoms with van der Waals surface area (Å²) in [5, 5.41) is 0.654. The van der Waals surface area contributed by atoms with Crippen LogP contribution < -0.4 is 4.90 Å². The number of aromatic amines is 1. The lowest BCUT2D eigenvalue weighted by Gasteiger charge is -2.22. The van der Waals surface area contributed by atoms with Crippen LogP contribution in [0, 0.1) is 11.2 Å². The number of ketones is 1. The number of rotatable bonds is 5. The molecule has 0 atom stereocenters. The van der Waals surface area contributed by atoms with E-state index in [1.54, 1.807) is 43.0 Å². The van der Waals surface area contributed by atoms with Crippen LogP contribution in [0.3, 0.4) is 0 Å². The zero-order valence-electron chi connectivity index (χ0n) is 19.3. The van der Waals surface area contributed by atoms with Crippen LogP contribution in [-0.4, -0.2) is 38.8 Å². The van der Waals surface area contributed by atoms with Crippen LogP contribution in [0.2, 0.25) is 0 Å². The highest BCUT2D eigenvalue weighted by Gasteiger charge is 2.32. The quantitative estimate of drug-likeness (QED) is 0.402. The molecule has 2 aliphatic rings. The van der Waals surface area contributed by atoms with Crippen molar-refractivity contribution in [1.29, 1.82) is 0 Å². The van der Waals surface area contributed by atoms with Gasteiger partial charge in [-0.1, -0.05) is 19.9 Å². The second kappa shape index (κ2) is 7.72. The fourth-order valence-electron chi connectivity index (χ4n) is 4.79. The van der Waals surface area contributed by atoms with E-state index in [2.05, 4.69) is 33.8 Å². The van der Waals surface area contributed by atoms with E-state index in [0.717, 1.165) is 49.3 Å². The normalized spacial score (nSPS) is 17.4. The predicted molar refractivity (Wildman–Crippen MR) is 130 cm³/mol. The number of nitrogens with zero attached hydrogens (tertiary/aromatic N) is 4. The minimum absolute atomic E-state index is 0.0747.